The molecule has 0 aliphatic rings. The van der Waals surface area contributed by atoms with E-state index < -0.39 is 0 Å². The van der Waals surface area contributed by atoms with Crippen molar-refractivity contribution in [2.24, 2.45) is 5.73 Å². The van der Waals surface area contributed by atoms with Gasteiger partial charge in [0.1, 0.15) is 11.5 Å². The quantitative estimate of drug-likeness (QED) is 0.767. The van der Waals surface area contributed by atoms with Crippen LogP contribution in [0.15, 0.2) is 54.6 Å². The molecule has 2 aromatic carbocycles. The van der Waals surface area contributed by atoms with E-state index in [1.165, 1.54) is 0 Å². The van der Waals surface area contributed by atoms with Crippen LogP contribution in [-0.4, -0.2) is 25.7 Å². The number of methoxy groups -OCH3 is 1. The van der Waals surface area contributed by atoms with E-state index >= 15 is 0 Å². The molecule has 3 N–H and O–H groups in total. The second-order valence-corrected chi connectivity index (χ2v) is 5.14. The summed E-state index contributed by atoms with van der Waals surface area (Å²) in [5.74, 6) is 1.43. The zero-order valence-electron chi connectivity index (χ0n) is 13.6. The average Bonchev–Trinajstić information content (AvgIpc) is 2.59. The van der Waals surface area contributed by atoms with E-state index in [2.05, 4.69) is 5.32 Å². The molecule has 5 nitrogen and oxygen atoms in total. The Kier molecular flexibility index (Phi) is 8.86. The van der Waals surface area contributed by atoms with Gasteiger partial charge >= 0.3 is 0 Å². The summed E-state index contributed by atoms with van der Waals surface area (Å²) in [6, 6.07) is 17.2. The van der Waals surface area contributed by atoms with Crippen molar-refractivity contribution in [2.45, 2.75) is 19.1 Å². The number of amides is 1. The third-order valence-electron chi connectivity index (χ3n) is 3.38. The van der Waals surface area contributed by atoms with Crippen LogP contribution >= 0.6 is 12.4 Å². The smallest absolute Gasteiger partial charge is 0.222 e. The summed E-state index contributed by atoms with van der Waals surface area (Å²) in [5, 5.41) is 2.86. The van der Waals surface area contributed by atoms with Gasteiger partial charge in [0.2, 0.25) is 5.91 Å². The average molecular weight is 351 g/mol. The standard InChI is InChI=1S/C18H22N2O3.ClH/c1-22-17(12-19)11-18(21)20-13-14-6-5-9-16(10-14)23-15-7-3-2-4-8-15;/h2-10,17H,11-13,19H2,1H3,(H,20,21);1H. The highest BCUT2D eigenvalue weighted by Gasteiger charge is 2.11. The molecule has 130 valence electrons. The van der Waals surface area contributed by atoms with E-state index in [1.807, 2.05) is 54.6 Å². The summed E-state index contributed by atoms with van der Waals surface area (Å²) in [7, 11) is 1.55. The molecule has 0 aromatic heterocycles. The molecule has 0 aliphatic heterocycles. The lowest BCUT2D eigenvalue weighted by Crippen LogP contribution is -2.31. The van der Waals surface area contributed by atoms with Gasteiger partial charge in [-0.1, -0.05) is 30.3 Å². The number of hydrogen-bond acceptors (Lipinski definition) is 4. The Morgan fingerprint density at radius 2 is 1.83 bits per heavy atom. The molecular weight excluding hydrogens is 328 g/mol. The van der Waals surface area contributed by atoms with Crippen molar-refractivity contribution in [3.8, 4) is 11.5 Å². The number of benzene rings is 2. The molecule has 0 radical (unpaired) electrons. The van der Waals surface area contributed by atoms with Crippen LogP contribution in [0.2, 0.25) is 0 Å². The summed E-state index contributed by atoms with van der Waals surface area (Å²) in [6.45, 7) is 0.760. The molecule has 24 heavy (non-hydrogen) atoms. The SMILES string of the molecule is COC(CN)CC(=O)NCc1cccc(Oc2ccccc2)c1.Cl. The maximum atomic E-state index is 11.8. The van der Waals surface area contributed by atoms with Gasteiger partial charge in [-0.3, -0.25) is 4.79 Å². The predicted octanol–water partition coefficient (Wildman–Crippen LogP) is 2.88. The van der Waals surface area contributed by atoms with Crippen molar-refractivity contribution >= 4 is 18.3 Å². The second kappa shape index (κ2) is 10.6. The number of nitrogens with two attached hydrogens (primary N) is 1. The molecule has 2 aromatic rings. The van der Waals surface area contributed by atoms with Gasteiger partial charge in [0.05, 0.1) is 12.5 Å². The number of halogens is 1. The fourth-order valence-corrected chi connectivity index (χ4v) is 2.09. The first-order valence-corrected chi connectivity index (χ1v) is 7.52. The van der Waals surface area contributed by atoms with Crippen LogP contribution in [0.3, 0.4) is 0 Å². The minimum absolute atomic E-state index is 0. The topological polar surface area (TPSA) is 73.6 Å². The molecular formula is C18H23ClN2O3. The molecule has 6 heteroatoms. The van der Waals surface area contributed by atoms with Crippen LogP contribution in [0, 0.1) is 0 Å². The number of rotatable bonds is 8. The van der Waals surface area contributed by atoms with Gasteiger partial charge in [-0.25, -0.2) is 0 Å². The third-order valence-corrected chi connectivity index (χ3v) is 3.38. The van der Waals surface area contributed by atoms with Crippen molar-refractivity contribution in [3.05, 3.63) is 60.2 Å². The molecule has 1 atom stereocenters. The zero-order chi connectivity index (χ0) is 16.5. The van der Waals surface area contributed by atoms with Crippen molar-refractivity contribution in [1.82, 2.24) is 5.32 Å². The molecule has 1 unspecified atom stereocenters. The maximum absolute atomic E-state index is 11.8. The first kappa shape index (κ1) is 20.0. The van der Waals surface area contributed by atoms with Gasteiger partial charge in [-0.15, -0.1) is 12.4 Å². The molecule has 0 spiro atoms. The Hall–Kier alpha value is -2.08. The Balaban J connectivity index is 0.00000288. The van der Waals surface area contributed by atoms with E-state index in [4.69, 9.17) is 15.2 Å². The Morgan fingerprint density at radius 3 is 2.50 bits per heavy atom. The molecule has 0 aliphatic carbocycles. The van der Waals surface area contributed by atoms with Crippen LogP contribution in [0.25, 0.3) is 0 Å². The van der Waals surface area contributed by atoms with Gasteiger partial charge in [-0.2, -0.15) is 0 Å². The predicted molar refractivity (Wildman–Crippen MR) is 96.5 cm³/mol. The fraction of sp³-hybridized carbons (Fsp3) is 0.278. The first-order valence-electron chi connectivity index (χ1n) is 7.52. The van der Waals surface area contributed by atoms with Crippen LogP contribution in [0.5, 0.6) is 11.5 Å². The molecule has 0 bridgehead atoms. The van der Waals surface area contributed by atoms with Crippen molar-refractivity contribution in [3.63, 3.8) is 0 Å². The van der Waals surface area contributed by atoms with Gasteiger partial charge in [0.25, 0.3) is 0 Å². The summed E-state index contributed by atoms with van der Waals surface area (Å²) in [5.41, 5.74) is 6.48. The Labute approximate surface area is 148 Å². The van der Waals surface area contributed by atoms with E-state index in [0.717, 1.165) is 17.1 Å². The second-order valence-electron chi connectivity index (χ2n) is 5.14. The monoisotopic (exact) mass is 350 g/mol. The molecule has 0 fully saturated rings. The van der Waals surface area contributed by atoms with E-state index in [9.17, 15) is 4.79 Å². The molecule has 1 amide bonds. The lowest BCUT2D eigenvalue weighted by Gasteiger charge is -2.13. The minimum atomic E-state index is -0.247. The first-order chi connectivity index (χ1) is 11.2. The molecule has 0 heterocycles. The van der Waals surface area contributed by atoms with Gasteiger partial charge < -0.3 is 20.5 Å². The van der Waals surface area contributed by atoms with E-state index in [-0.39, 0.29) is 30.8 Å². The number of para-hydroxylation sites is 1. The van der Waals surface area contributed by atoms with E-state index in [0.29, 0.717) is 13.1 Å². The highest BCUT2D eigenvalue weighted by atomic mass is 35.5. The number of carbonyl (C=O) groups excluding carboxylic acids is 1. The highest BCUT2D eigenvalue weighted by Crippen LogP contribution is 2.21. The third kappa shape index (κ3) is 6.58. The molecule has 0 saturated carbocycles. The van der Waals surface area contributed by atoms with Gasteiger partial charge in [0.15, 0.2) is 0 Å². The van der Waals surface area contributed by atoms with Crippen LogP contribution in [-0.2, 0) is 16.1 Å². The van der Waals surface area contributed by atoms with Gasteiger partial charge in [-0.05, 0) is 29.8 Å². The largest absolute Gasteiger partial charge is 0.457 e. The normalized spacial score (nSPS) is 11.2. The minimum Gasteiger partial charge on any atom is -0.457 e. The van der Waals surface area contributed by atoms with Crippen LogP contribution in [0.4, 0.5) is 0 Å². The van der Waals surface area contributed by atoms with Crippen molar-refractivity contribution in [1.29, 1.82) is 0 Å². The molecule has 0 saturated heterocycles. The summed E-state index contributed by atoms with van der Waals surface area (Å²) in [4.78, 5) is 11.8. The summed E-state index contributed by atoms with van der Waals surface area (Å²) < 4.78 is 10.9. The van der Waals surface area contributed by atoms with Crippen LogP contribution in [0.1, 0.15) is 12.0 Å². The van der Waals surface area contributed by atoms with Crippen molar-refractivity contribution < 1.29 is 14.3 Å². The lowest BCUT2D eigenvalue weighted by molar-refractivity contribution is -0.123. The van der Waals surface area contributed by atoms with Crippen molar-refractivity contribution in [2.75, 3.05) is 13.7 Å². The fourth-order valence-electron chi connectivity index (χ4n) is 2.09. The maximum Gasteiger partial charge on any atom is 0.222 e. The number of ether oxygens (including phenoxy) is 2. The summed E-state index contributed by atoms with van der Waals surface area (Å²) in [6.07, 6.45) is 0.00969. The number of carbonyl (C=O) groups is 1. The zero-order valence-corrected chi connectivity index (χ0v) is 14.4. The lowest BCUT2D eigenvalue weighted by atomic mass is 10.2. The number of nitrogens with one attached hydrogen (secondary N) is 1. The van der Waals surface area contributed by atoms with Gasteiger partial charge in [0, 0.05) is 20.2 Å². The molecule has 2 rings (SSSR count). The van der Waals surface area contributed by atoms with Crippen LogP contribution < -0.4 is 15.8 Å². The highest BCUT2D eigenvalue weighted by molar-refractivity contribution is 5.85. The summed E-state index contributed by atoms with van der Waals surface area (Å²) >= 11 is 0. The Morgan fingerprint density at radius 1 is 1.12 bits per heavy atom. The Bertz CT molecular complexity index is 619. The van der Waals surface area contributed by atoms with E-state index in [1.54, 1.807) is 7.11 Å². The number of hydrogen-bond donors (Lipinski definition) is 2.